The number of ether oxygens (including phenoxy) is 1. The Morgan fingerprint density at radius 2 is 2.05 bits per heavy atom. The average Bonchev–Trinajstić information content (AvgIpc) is 2.90. The van der Waals surface area contributed by atoms with Crippen molar-refractivity contribution in [2.45, 2.75) is 13.2 Å². The van der Waals surface area contributed by atoms with E-state index in [1.165, 1.54) is 6.07 Å². The maximum absolute atomic E-state index is 13.5. The molecule has 0 bridgehead atoms. The molecule has 3 rings (SSSR count). The Kier molecular flexibility index (Phi) is 3.35. The van der Waals surface area contributed by atoms with Crippen LogP contribution in [0.2, 0.25) is 0 Å². The highest BCUT2D eigenvalue weighted by Crippen LogP contribution is 2.20. The smallest absolute Gasteiger partial charge is 0.179 e. The number of imidazole rings is 1. The van der Waals surface area contributed by atoms with Crippen molar-refractivity contribution in [1.82, 2.24) is 9.38 Å². The largest absolute Gasteiger partial charge is 0.485 e. The summed E-state index contributed by atoms with van der Waals surface area (Å²) in [6, 6.07) is 10.2. The molecule has 4 nitrogen and oxygen atoms in total. The second-order valence-corrected chi connectivity index (χ2v) is 4.42. The number of benzene rings is 1. The average molecular weight is 271 g/mol. The van der Waals surface area contributed by atoms with Crippen LogP contribution in [0.1, 0.15) is 11.3 Å². The fourth-order valence-electron chi connectivity index (χ4n) is 2.02. The molecular formula is C15H14FN3O. The van der Waals surface area contributed by atoms with E-state index < -0.39 is 0 Å². The lowest BCUT2D eigenvalue weighted by molar-refractivity contribution is 0.301. The van der Waals surface area contributed by atoms with Crippen LogP contribution in [0.25, 0.3) is 5.65 Å². The Morgan fingerprint density at radius 3 is 2.85 bits per heavy atom. The van der Waals surface area contributed by atoms with Crippen LogP contribution >= 0.6 is 0 Å². The highest BCUT2D eigenvalue weighted by molar-refractivity contribution is 5.54. The number of nitrogens with zero attached hydrogens (tertiary/aromatic N) is 2. The predicted molar refractivity (Wildman–Crippen MR) is 73.8 cm³/mol. The lowest BCUT2D eigenvalue weighted by Gasteiger charge is -2.07. The highest BCUT2D eigenvalue weighted by atomic mass is 19.1. The molecule has 2 aromatic heterocycles. The van der Waals surface area contributed by atoms with Crippen LogP contribution in [-0.2, 0) is 13.2 Å². The van der Waals surface area contributed by atoms with Crippen LogP contribution in [0.15, 0.2) is 48.8 Å². The molecule has 0 aliphatic heterocycles. The van der Waals surface area contributed by atoms with E-state index in [2.05, 4.69) is 4.98 Å². The topological polar surface area (TPSA) is 52.5 Å². The number of aromatic nitrogens is 2. The molecule has 0 aliphatic rings. The van der Waals surface area contributed by atoms with Gasteiger partial charge in [0.15, 0.2) is 11.4 Å². The minimum atomic E-state index is -0.273. The zero-order valence-corrected chi connectivity index (χ0v) is 10.8. The van der Waals surface area contributed by atoms with Gasteiger partial charge in [0.1, 0.15) is 12.4 Å². The van der Waals surface area contributed by atoms with E-state index in [-0.39, 0.29) is 12.4 Å². The Hall–Kier alpha value is -2.40. The summed E-state index contributed by atoms with van der Waals surface area (Å²) in [5.41, 5.74) is 7.57. The zero-order valence-electron chi connectivity index (χ0n) is 10.8. The van der Waals surface area contributed by atoms with Crippen molar-refractivity contribution >= 4 is 5.65 Å². The molecular weight excluding hydrogens is 257 g/mol. The van der Waals surface area contributed by atoms with Crippen molar-refractivity contribution in [2.24, 2.45) is 5.73 Å². The summed E-state index contributed by atoms with van der Waals surface area (Å²) in [7, 11) is 0. The molecule has 3 aromatic rings. The monoisotopic (exact) mass is 271 g/mol. The molecule has 0 fully saturated rings. The van der Waals surface area contributed by atoms with E-state index in [9.17, 15) is 4.39 Å². The molecule has 102 valence electrons. The second-order valence-electron chi connectivity index (χ2n) is 4.42. The quantitative estimate of drug-likeness (QED) is 0.793. The van der Waals surface area contributed by atoms with E-state index in [1.54, 1.807) is 18.2 Å². The molecule has 0 spiro atoms. The van der Waals surface area contributed by atoms with Crippen molar-refractivity contribution in [3.05, 3.63) is 65.9 Å². The zero-order chi connectivity index (χ0) is 13.9. The summed E-state index contributed by atoms with van der Waals surface area (Å²) >= 11 is 0. The number of pyridine rings is 1. The molecule has 0 saturated carbocycles. The SMILES string of the molecule is NCc1cn2cccc(OCc3ccccc3F)c2n1. The van der Waals surface area contributed by atoms with Crippen molar-refractivity contribution in [3.63, 3.8) is 0 Å². The minimum Gasteiger partial charge on any atom is -0.485 e. The molecule has 2 heterocycles. The Balaban J connectivity index is 1.87. The van der Waals surface area contributed by atoms with Gasteiger partial charge in [0.05, 0.1) is 5.69 Å². The van der Waals surface area contributed by atoms with Crippen LogP contribution in [0.4, 0.5) is 4.39 Å². The van der Waals surface area contributed by atoms with Crippen molar-refractivity contribution in [3.8, 4) is 5.75 Å². The van der Waals surface area contributed by atoms with Crippen molar-refractivity contribution in [1.29, 1.82) is 0 Å². The first kappa shape index (κ1) is 12.6. The molecule has 0 atom stereocenters. The standard InChI is InChI=1S/C15H14FN3O/c16-13-5-2-1-4-11(13)10-20-14-6-3-7-19-9-12(8-17)18-15(14)19/h1-7,9H,8,10,17H2. The normalized spacial score (nSPS) is 10.9. The second kappa shape index (κ2) is 5.30. The maximum Gasteiger partial charge on any atom is 0.179 e. The first-order valence-electron chi connectivity index (χ1n) is 6.31. The molecule has 0 amide bonds. The number of halogens is 1. The van der Waals surface area contributed by atoms with Crippen molar-refractivity contribution < 1.29 is 9.13 Å². The van der Waals surface area contributed by atoms with E-state index >= 15 is 0 Å². The summed E-state index contributed by atoms with van der Waals surface area (Å²) in [6.45, 7) is 0.533. The molecule has 5 heteroatoms. The van der Waals surface area contributed by atoms with Gasteiger partial charge in [0.2, 0.25) is 0 Å². The van der Waals surface area contributed by atoms with Crippen LogP contribution in [-0.4, -0.2) is 9.38 Å². The number of nitrogens with two attached hydrogens (primary N) is 1. The van der Waals surface area contributed by atoms with Crippen LogP contribution in [0, 0.1) is 5.82 Å². The lowest BCUT2D eigenvalue weighted by Crippen LogP contribution is -2.00. The van der Waals surface area contributed by atoms with E-state index in [1.807, 2.05) is 28.9 Å². The third kappa shape index (κ3) is 2.35. The minimum absolute atomic E-state index is 0.164. The summed E-state index contributed by atoms with van der Waals surface area (Å²) in [5.74, 6) is 0.334. The highest BCUT2D eigenvalue weighted by Gasteiger charge is 2.08. The Morgan fingerprint density at radius 1 is 1.20 bits per heavy atom. The van der Waals surface area contributed by atoms with Gasteiger partial charge in [-0.15, -0.1) is 0 Å². The molecule has 0 radical (unpaired) electrons. The molecule has 0 aliphatic carbocycles. The summed E-state index contributed by atoms with van der Waals surface area (Å²) in [5, 5.41) is 0. The molecule has 1 aromatic carbocycles. The molecule has 0 saturated heterocycles. The van der Waals surface area contributed by atoms with Gasteiger partial charge in [-0.25, -0.2) is 9.37 Å². The lowest BCUT2D eigenvalue weighted by atomic mass is 10.2. The van der Waals surface area contributed by atoms with Gasteiger partial charge in [0.25, 0.3) is 0 Å². The summed E-state index contributed by atoms with van der Waals surface area (Å²) in [4.78, 5) is 4.39. The van der Waals surface area contributed by atoms with Gasteiger partial charge < -0.3 is 14.9 Å². The van der Waals surface area contributed by atoms with E-state index in [0.29, 0.717) is 23.5 Å². The predicted octanol–water partition coefficient (Wildman–Crippen LogP) is 2.51. The maximum atomic E-state index is 13.5. The van der Waals surface area contributed by atoms with Crippen LogP contribution in [0.3, 0.4) is 0 Å². The van der Waals surface area contributed by atoms with E-state index in [0.717, 1.165) is 5.69 Å². The Labute approximate surface area is 115 Å². The van der Waals surface area contributed by atoms with Gasteiger partial charge in [-0.1, -0.05) is 18.2 Å². The fourth-order valence-corrected chi connectivity index (χ4v) is 2.02. The van der Waals surface area contributed by atoms with Crippen molar-refractivity contribution in [2.75, 3.05) is 0 Å². The van der Waals surface area contributed by atoms with Gasteiger partial charge >= 0.3 is 0 Å². The van der Waals surface area contributed by atoms with Gasteiger partial charge in [-0.05, 0) is 18.2 Å². The number of fused-ring (bicyclic) bond motifs is 1. The van der Waals surface area contributed by atoms with Crippen LogP contribution < -0.4 is 10.5 Å². The summed E-state index contributed by atoms with van der Waals surface area (Å²) in [6.07, 6.45) is 3.72. The Bertz CT molecular complexity index is 739. The third-order valence-electron chi connectivity index (χ3n) is 3.05. The number of hydrogen-bond acceptors (Lipinski definition) is 3. The van der Waals surface area contributed by atoms with Gasteiger partial charge in [-0.2, -0.15) is 0 Å². The van der Waals surface area contributed by atoms with Crippen LogP contribution in [0.5, 0.6) is 5.75 Å². The first-order valence-corrected chi connectivity index (χ1v) is 6.31. The van der Waals surface area contributed by atoms with Gasteiger partial charge in [-0.3, -0.25) is 0 Å². The molecule has 0 unspecified atom stereocenters. The van der Waals surface area contributed by atoms with Gasteiger partial charge in [0, 0.05) is 24.5 Å². The number of hydrogen-bond donors (Lipinski definition) is 1. The molecule has 2 N–H and O–H groups in total. The first-order chi connectivity index (χ1) is 9.78. The summed E-state index contributed by atoms with van der Waals surface area (Å²) < 4.78 is 21.1. The third-order valence-corrected chi connectivity index (χ3v) is 3.05. The molecule has 20 heavy (non-hydrogen) atoms. The fraction of sp³-hybridized carbons (Fsp3) is 0.133. The number of rotatable bonds is 4. The van der Waals surface area contributed by atoms with E-state index in [4.69, 9.17) is 10.5 Å².